The zero-order chi connectivity index (χ0) is 22.5. The van der Waals surface area contributed by atoms with Gasteiger partial charge in [0.05, 0.1) is 6.54 Å². The number of anilines is 4. The van der Waals surface area contributed by atoms with Gasteiger partial charge in [-0.1, -0.05) is 38.8 Å². The smallest absolute Gasteiger partial charge is 0.243 e. The first kappa shape index (κ1) is 23.9. The van der Waals surface area contributed by atoms with E-state index in [1.807, 2.05) is 19.1 Å². The van der Waals surface area contributed by atoms with Crippen molar-refractivity contribution in [2.75, 3.05) is 27.8 Å². The second-order valence-corrected chi connectivity index (χ2v) is 7.37. The highest BCUT2D eigenvalue weighted by Gasteiger charge is 2.07. The average Bonchev–Trinajstić information content (AvgIpc) is 2.73. The number of carbonyl (C=O) groups excluding carboxylic acids is 3. The topological polar surface area (TPSA) is 99.3 Å². The van der Waals surface area contributed by atoms with Crippen molar-refractivity contribution in [2.45, 2.75) is 52.4 Å². The maximum atomic E-state index is 12.3. The summed E-state index contributed by atoms with van der Waals surface area (Å²) in [6.07, 6.45) is 4.72. The third-order valence-corrected chi connectivity index (χ3v) is 4.51. The maximum Gasteiger partial charge on any atom is 0.243 e. The molecule has 0 aliphatic rings. The van der Waals surface area contributed by atoms with E-state index in [4.69, 9.17) is 0 Å². The first-order valence-corrected chi connectivity index (χ1v) is 10.8. The summed E-state index contributed by atoms with van der Waals surface area (Å²) in [7, 11) is 0. The van der Waals surface area contributed by atoms with Gasteiger partial charge in [-0.2, -0.15) is 0 Å². The third kappa shape index (κ3) is 9.33. The zero-order valence-electron chi connectivity index (χ0n) is 18.3. The molecule has 3 amide bonds. The number of rotatable bonds is 12. The van der Waals surface area contributed by atoms with Gasteiger partial charge in [0.15, 0.2) is 0 Å². The van der Waals surface area contributed by atoms with Crippen LogP contribution in [0.1, 0.15) is 52.4 Å². The van der Waals surface area contributed by atoms with Crippen molar-refractivity contribution in [1.82, 2.24) is 0 Å². The number of unbranched alkanes of at least 4 members (excludes halogenated alkanes) is 2. The monoisotopic (exact) mass is 424 g/mol. The standard InChI is InChI=1S/C24H32N4O3/c1-3-5-6-14-23(30)27-20-12-8-13-21(16-20)28-24(31)17-25-18-10-7-11-19(15-18)26-22(29)9-4-2/h7-8,10-13,15-16,25H,3-6,9,14,17H2,1-2H3,(H,26,29)(H,27,30)(H,28,31). The number of benzene rings is 2. The van der Waals surface area contributed by atoms with E-state index >= 15 is 0 Å². The lowest BCUT2D eigenvalue weighted by atomic mass is 10.2. The van der Waals surface area contributed by atoms with E-state index in [0.29, 0.717) is 29.9 Å². The quantitative estimate of drug-likeness (QED) is 0.361. The molecule has 0 saturated carbocycles. The molecule has 0 saturated heterocycles. The fourth-order valence-corrected chi connectivity index (χ4v) is 2.98. The molecule has 7 nitrogen and oxygen atoms in total. The van der Waals surface area contributed by atoms with Crippen LogP contribution in [0.25, 0.3) is 0 Å². The van der Waals surface area contributed by atoms with Crippen LogP contribution in [0.4, 0.5) is 22.7 Å². The van der Waals surface area contributed by atoms with E-state index in [1.165, 1.54) is 0 Å². The van der Waals surface area contributed by atoms with Gasteiger partial charge in [-0.25, -0.2) is 0 Å². The highest BCUT2D eigenvalue weighted by atomic mass is 16.2. The summed E-state index contributed by atoms with van der Waals surface area (Å²) < 4.78 is 0. The number of hydrogen-bond acceptors (Lipinski definition) is 4. The second kappa shape index (κ2) is 13.1. The Kier molecular flexibility index (Phi) is 10.1. The molecule has 0 unspecified atom stereocenters. The molecule has 0 heterocycles. The second-order valence-electron chi connectivity index (χ2n) is 7.37. The molecule has 0 aliphatic carbocycles. The van der Waals surface area contributed by atoms with Gasteiger partial charge in [0.25, 0.3) is 0 Å². The molecule has 0 radical (unpaired) electrons. The van der Waals surface area contributed by atoms with Gasteiger partial charge in [0.2, 0.25) is 17.7 Å². The third-order valence-electron chi connectivity index (χ3n) is 4.51. The number of hydrogen-bond donors (Lipinski definition) is 4. The predicted molar refractivity (Wildman–Crippen MR) is 126 cm³/mol. The van der Waals surface area contributed by atoms with Crippen molar-refractivity contribution in [3.63, 3.8) is 0 Å². The van der Waals surface area contributed by atoms with Gasteiger partial charge in [0, 0.05) is 35.6 Å². The van der Waals surface area contributed by atoms with Crippen LogP contribution in [-0.2, 0) is 14.4 Å². The molecular weight excluding hydrogens is 392 g/mol. The van der Waals surface area contributed by atoms with E-state index in [2.05, 4.69) is 28.2 Å². The van der Waals surface area contributed by atoms with Crippen LogP contribution in [0.5, 0.6) is 0 Å². The molecule has 7 heteroatoms. The van der Waals surface area contributed by atoms with Crippen molar-refractivity contribution in [2.24, 2.45) is 0 Å². The van der Waals surface area contributed by atoms with Crippen molar-refractivity contribution in [3.05, 3.63) is 48.5 Å². The van der Waals surface area contributed by atoms with Crippen molar-refractivity contribution >= 4 is 40.5 Å². The molecule has 0 aromatic heterocycles. The van der Waals surface area contributed by atoms with Crippen LogP contribution < -0.4 is 21.3 Å². The Morgan fingerprint density at radius 1 is 0.645 bits per heavy atom. The minimum Gasteiger partial charge on any atom is -0.376 e. The van der Waals surface area contributed by atoms with Crippen LogP contribution in [0.15, 0.2) is 48.5 Å². The average molecular weight is 425 g/mol. The van der Waals surface area contributed by atoms with Gasteiger partial charge in [-0.15, -0.1) is 0 Å². The molecule has 166 valence electrons. The molecule has 0 atom stereocenters. The van der Waals surface area contributed by atoms with Crippen molar-refractivity contribution in [3.8, 4) is 0 Å². The predicted octanol–water partition coefficient (Wildman–Crippen LogP) is 4.99. The van der Waals surface area contributed by atoms with Gasteiger partial charge in [0.1, 0.15) is 0 Å². The summed E-state index contributed by atoms with van der Waals surface area (Å²) in [5, 5.41) is 11.6. The summed E-state index contributed by atoms with van der Waals surface area (Å²) in [5.74, 6) is -0.272. The molecule has 0 fully saturated rings. The van der Waals surface area contributed by atoms with Crippen LogP contribution in [-0.4, -0.2) is 24.3 Å². The first-order valence-electron chi connectivity index (χ1n) is 10.8. The highest BCUT2D eigenvalue weighted by Crippen LogP contribution is 2.17. The van der Waals surface area contributed by atoms with E-state index in [9.17, 15) is 14.4 Å². The normalized spacial score (nSPS) is 10.3. The van der Waals surface area contributed by atoms with Crippen LogP contribution >= 0.6 is 0 Å². The fraction of sp³-hybridized carbons (Fsp3) is 0.375. The van der Waals surface area contributed by atoms with Gasteiger partial charge < -0.3 is 21.3 Å². The van der Waals surface area contributed by atoms with E-state index in [0.717, 1.165) is 31.4 Å². The number of carbonyl (C=O) groups is 3. The molecule has 2 aromatic carbocycles. The Hall–Kier alpha value is -3.35. The van der Waals surface area contributed by atoms with Gasteiger partial charge in [-0.05, 0) is 49.2 Å². The zero-order valence-corrected chi connectivity index (χ0v) is 18.3. The largest absolute Gasteiger partial charge is 0.376 e. The van der Waals surface area contributed by atoms with Crippen LogP contribution in [0, 0.1) is 0 Å². The summed E-state index contributed by atoms with van der Waals surface area (Å²) in [4.78, 5) is 36.0. The summed E-state index contributed by atoms with van der Waals surface area (Å²) in [6.45, 7) is 4.12. The summed E-state index contributed by atoms with van der Waals surface area (Å²) in [6, 6.07) is 14.3. The SMILES string of the molecule is CCCCCC(=O)Nc1cccc(NC(=O)CNc2cccc(NC(=O)CCC)c2)c1. The summed E-state index contributed by atoms with van der Waals surface area (Å²) in [5.41, 5.74) is 2.69. The molecular formula is C24H32N4O3. The lowest BCUT2D eigenvalue weighted by Gasteiger charge is -2.11. The first-order chi connectivity index (χ1) is 15.0. The maximum absolute atomic E-state index is 12.3. The highest BCUT2D eigenvalue weighted by molar-refractivity contribution is 5.96. The van der Waals surface area contributed by atoms with Crippen LogP contribution in [0.2, 0.25) is 0 Å². The molecule has 4 N–H and O–H groups in total. The Balaban J connectivity index is 1.83. The van der Waals surface area contributed by atoms with Crippen molar-refractivity contribution < 1.29 is 14.4 Å². The minimum atomic E-state index is -0.216. The lowest BCUT2D eigenvalue weighted by Crippen LogP contribution is -2.22. The molecule has 0 aliphatic heterocycles. The van der Waals surface area contributed by atoms with E-state index in [1.54, 1.807) is 36.4 Å². The van der Waals surface area contributed by atoms with Gasteiger partial charge in [-0.3, -0.25) is 14.4 Å². The Labute approximate surface area is 184 Å². The Morgan fingerprint density at radius 3 is 1.74 bits per heavy atom. The van der Waals surface area contributed by atoms with E-state index < -0.39 is 0 Å². The van der Waals surface area contributed by atoms with Crippen LogP contribution in [0.3, 0.4) is 0 Å². The van der Waals surface area contributed by atoms with Crippen molar-refractivity contribution in [1.29, 1.82) is 0 Å². The lowest BCUT2D eigenvalue weighted by molar-refractivity contribution is -0.117. The number of nitrogens with one attached hydrogen (secondary N) is 4. The molecule has 0 bridgehead atoms. The Morgan fingerprint density at radius 2 is 1.16 bits per heavy atom. The molecule has 2 rings (SSSR count). The molecule has 31 heavy (non-hydrogen) atoms. The fourth-order valence-electron chi connectivity index (χ4n) is 2.98. The Bertz CT molecular complexity index is 883. The van der Waals surface area contributed by atoms with Gasteiger partial charge >= 0.3 is 0 Å². The summed E-state index contributed by atoms with van der Waals surface area (Å²) >= 11 is 0. The molecule has 0 spiro atoms. The number of amides is 3. The molecule has 2 aromatic rings. The minimum absolute atomic E-state index is 0.0236. The van der Waals surface area contributed by atoms with E-state index in [-0.39, 0.29) is 24.3 Å².